The molecule has 2 aromatic heterocycles. The van der Waals surface area contributed by atoms with Gasteiger partial charge in [-0.05, 0) is 6.92 Å². The second kappa shape index (κ2) is 5.04. The van der Waals surface area contributed by atoms with Gasteiger partial charge in [0.05, 0.1) is 10.7 Å². The molecular weight excluding hydrogens is 208 g/mol. The Hall–Kier alpha value is -1.20. The normalized spacial score (nSPS) is 10.7. The van der Waals surface area contributed by atoms with E-state index in [9.17, 15) is 0 Å². The van der Waals surface area contributed by atoms with Gasteiger partial charge in [0, 0.05) is 37.3 Å². The smallest absolute Gasteiger partial charge is 0.107 e. The molecular formula is C10H14N4S. The molecule has 80 valence electrons. The maximum atomic E-state index is 4.38. The first kappa shape index (κ1) is 10.3. The average Bonchev–Trinajstić information content (AvgIpc) is 2.84. The Labute approximate surface area is 92.8 Å². The van der Waals surface area contributed by atoms with Gasteiger partial charge in [0.25, 0.3) is 0 Å². The van der Waals surface area contributed by atoms with E-state index in [1.165, 1.54) is 0 Å². The van der Waals surface area contributed by atoms with Crippen LogP contribution in [0.3, 0.4) is 0 Å². The Morgan fingerprint density at radius 3 is 3.13 bits per heavy atom. The second-order valence-corrected chi connectivity index (χ2v) is 4.38. The number of rotatable bonds is 5. The first-order valence-corrected chi connectivity index (χ1v) is 5.82. The number of H-pyrrole nitrogens is 1. The number of aromatic nitrogens is 3. The van der Waals surface area contributed by atoms with E-state index in [1.807, 2.05) is 13.1 Å². The molecule has 0 amide bonds. The van der Waals surface area contributed by atoms with Crippen molar-refractivity contribution in [2.24, 2.45) is 0 Å². The number of aryl methyl sites for hydroxylation is 1. The van der Waals surface area contributed by atoms with Gasteiger partial charge < -0.3 is 10.3 Å². The molecule has 0 aliphatic rings. The summed E-state index contributed by atoms with van der Waals surface area (Å²) in [5.74, 6) is 1.02. The lowest BCUT2D eigenvalue weighted by molar-refractivity contribution is 0.665. The van der Waals surface area contributed by atoms with Crippen LogP contribution in [0.1, 0.15) is 16.5 Å². The molecule has 0 saturated heterocycles. The van der Waals surface area contributed by atoms with Crippen molar-refractivity contribution in [2.45, 2.75) is 19.9 Å². The molecule has 0 fully saturated rings. The van der Waals surface area contributed by atoms with Crippen molar-refractivity contribution in [3.05, 3.63) is 34.3 Å². The molecule has 0 unspecified atom stereocenters. The highest BCUT2D eigenvalue weighted by atomic mass is 32.1. The summed E-state index contributed by atoms with van der Waals surface area (Å²) in [7, 11) is 0. The fourth-order valence-corrected chi connectivity index (χ4v) is 1.96. The van der Waals surface area contributed by atoms with Gasteiger partial charge in [-0.25, -0.2) is 9.97 Å². The lowest BCUT2D eigenvalue weighted by atomic mass is 10.4. The van der Waals surface area contributed by atoms with E-state index in [4.69, 9.17) is 0 Å². The molecule has 2 aromatic rings. The van der Waals surface area contributed by atoms with Crippen LogP contribution in [0.5, 0.6) is 0 Å². The van der Waals surface area contributed by atoms with Crippen molar-refractivity contribution in [2.75, 3.05) is 6.54 Å². The monoisotopic (exact) mass is 222 g/mol. The van der Waals surface area contributed by atoms with Crippen molar-refractivity contribution in [3.8, 4) is 0 Å². The summed E-state index contributed by atoms with van der Waals surface area (Å²) >= 11 is 1.69. The number of nitrogens with zero attached hydrogens (tertiary/aromatic N) is 2. The molecule has 4 nitrogen and oxygen atoms in total. The standard InChI is InChI=1S/C10H14N4S/c1-8-14-9(7-15-8)6-11-3-2-10-12-4-5-13-10/h4-5,7,11H,2-3,6H2,1H3,(H,12,13). The van der Waals surface area contributed by atoms with Crippen molar-refractivity contribution >= 4 is 11.3 Å². The topological polar surface area (TPSA) is 53.6 Å². The van der Waals surface area contributed by atoms with Crippen LogP contribution in [0.15, 0.2) is 17.8 Å². The Balaban J connectivity index is 1.67. The van der Waals surface area contributed by atoms with Gasteiger partial charge in [-0.1, -0.05) is 0 Å². The zero-order valence-electron chi connectivity index (χ0n) is 8.66. The summed E-state index contributed by atoms with van der Waals surface area (Å²) in [5.41, 5.74) is 1.12. The highest BCUT2D eigenvalue weighted by molar-refractivity contribution is 7.09. The van der Waals surface area contributed by atoms with Crippen LogP contribution in [0, 0.1) is 6.92 Å². The van der Waals surface area contributed by atoms with E-state index in [-0.39, 0.29) is 0 Å². The van der Waals surface area contributed by atoms with Gasteiger partial charge >= 0.3 is 0 Å². The molecule has 0 aromatic carbocycles. The second-order valence-electron chi connectivity index (χ2n) is 3.32. The molecule has 0 bridgehead atoms. The number of aromatic amines is 1. The Morgan fingerprint density at radius 1 is 1.53 bits per heavy atom. The van der Waals surface area contributed by atoms with E-state index in [0.717, 1.165) is 36.0 Å². The Morgan fingerprint density at radius 2 is 2.47 bits per heavy atom. The maximum absolute atomic E-state index is 4.38. The third-order valence-electron chi connectivity index (χ3n) is 2.07. The molecule has 0 radical (unpaired) electrons. The lowest BCUT2D eigenvalue weighted by Crippen LogP contribution is -2.17. The van der Waals surface area contributed by atoms with Crippen LogP contribution < -0.4 is 5.32 Å². The highest BCUT2D eigenvalue weighted by Gasteiger charge is 1.98. The molecule has 15 heavy (non-hydrogen) atoms. The van der Waals surface area contributed by atoms with E-state index in [2.05, 4.69) is 25.6 Å². The van der Waals surface area contributed by atoms with Crippen LogP contribution in [0.4, 0.5) is 0 Å². The molecule has 2 heterocycles. The van der Waals surface area contributed by atoms with Crippen molar-refractivity contribution < 1.29 is 0 Å². The van der Waals surface area contributed by atoms with Gasteiger partial charge in [0.2, 0.25) is 0 Å². The highest BCUT2D eigenvalue weighted by Crippen LogP contribution is 2.06. The van der Waals surface area contributed by atoms with Crippen molar-refractivity contribution in [1.82, 2.24) is 20.3 Å². The predicted molar refractivity (Wildman–Crippen MR) is 60.8 cm³/mol. The minimum atomic E-state index is 0.838. The Bertz CT molecular complexity index is 393. The molecule has 5 heteroatoms. The van der Waals surface area contributed by atoms with E-state index >= 15 is 0 Å². The molecule has 0 aliphatic carbocycles. The van der Waals surface area contributed by atoms with Crippen LogP contribution in [0.2, 0.25) is 0 Å². The van der Waals surface area contributed by atoms with Crippen molar-refractivity contribution in [3.63, 3.8) is 0 Å². The lowest BCUT2D eigenvalue weighted by Gasteiger charge is -2.00. The number of hydrogen-bond acceptors (Lipinski definition) is 4. The first-order chi connectivity index (χ1) is 7.34. The van der Waals surface area contributed by atoms with Gasteiger partial charge in [-0.15, -0.1) is 11.3 Å². The summed E-state index contributed by atoms with van der Waals surface area (Å²) in [6, 6.07) is 0. The quantitative estimate of drug-likeness (QED) is 0.754. The molecule has 0 atom stereocenters. The van der Waals surface area contributed by atoms with E-state index < -0.39 is 0 Å². The van der Waals surface area contributed by atoms with Gasteiger partial charge in [0.15, 0.2) is 0 Å². The molecule has 0 aliphatic heterocycles. The van der Waals surface area contributed by atoms with Crippen LogP contribution in [-0.4, -0.2) is 21.5 Å². The molecule has 2 rings (SSSR count). The summed E-state index contributed by atoms with van der Waals surface area (Å²) in [6.45, 7) is 3.78. The summed E-state index contributed by atoms with van der Waals surface area (Å²) in [4.78, 5) is 11.6. The van der Waals surface area contributed by atoms with Gasteiger partial charge in [-0.2, -0.15) is 0 Å². The van der Waals surface area contributed by atoms with Crippen LogP contribution in [-0.2, 0) is 13.0 Å². The minimum absolute atomic E-state index is 0.838. The molecule has 0 spiro atoms. The van der Waals surface area contributed by atoms with Crippen LogP contribution in [0.25, 0.3) is 0 Å². The first-order valence-electron chi connectivity index (χ1n) is 4.94. The number of imidazole rings is 1. The summed E-state index contributed by atoms with van der Waals surface area (Å²) in [6.07, 6.45) is 4.55. The summed E-state index contributed by atoms with van der Waals surface area (Å²) in [5, 5.41) is 6.55. The van der Waals surface area contributed by atoms with E-state index in [0.29, 0.717) is 0 Å². The van der Waals surface area contributed by atoms with E-state index in [1.54, 1.807) is 17.5 Å². The fraction of sp³-hybridized carbons (Fsp3) is 0.400. The Kier molecular flexibility index (Phi) is 3.47. The number of hydrogen-bond donors (Lipinski definition) is 2. The number of thiazole rings is 1. The predicted octanol–water partition coefficient (Wildman–Crippen LogP) is 1.51. The largest absolute Gasteiger partial charge is 0.349 e. The fourth-order valence-electron chi connectivity index (χ4n) is 1.35. The zero-order chi connectivity index (χ0) is 10.5. The van der Waals surface area contributed by atoms with Gasteiger partial charge in [0.1, 0.15) is 5.82 Å². The van der Waals surface area contributed by atoms with Crippen LogP contribution >= 0.6 is 11.3 Å². The van der Waals surface area contributed by atoms with Gasteiger partial charge in [-0.3, -0.25) is 0 Å². The SMILES string of the molecule is Cc1nc(CNCCc2ncc[nH]2)cs1. The van der Waals surface area contributed by atoms with Crippen molar-refractivity contribution in [1.29, 1.82) is 0 Å². The average molecular weight is 222 g/mol. The zero-order valence-corrected chi connectivity index (χ0v) is 9.47. The minimum Gasteiger partial charge on any atom is -0.349 e. The third kappa shape index (κ3) is 3.14. The number of nitrogens with one attached hydrogen (secondary N) is 2. The summed E-state index contributed by atoms with van der Waals surface area (Å²) < 4.78 is 0. The molecule has 0 saturated carbocycles. The molecule has 2 N–H and O–H groups in total. The third-order valence-corrected chi connectivity index (χ3v) is 2.89. The maximum Gasteiger partial charge on any atom is 0.107 e.